The van der Waals surface area contributed by atoms with Gasteiger partial charge in [-0.25, -0.2) is 4.98 Å². The summed E-state index contributed by atoms with van der Waals surface area (Å²) >= 11 is 1.56. The van der Waals surface area contributed by atoms with Gasteiger partial charge in [-0.15, -0.1) is 11.3 Å². The van der Waals surface area contributed by atoms with Crippen LogP contribution in [0.2, 0.25) is 0 Å². The molecule has 0 radical (unpaired) electrons. The monoisotopic (exact) mass is 385 g/mol. The van der Waals surface area contributed by atoms with Crippen LogP contribution in [0.5, 0.6) is 0 Å². The summed E-state index contributed by atoms with van der Waals surface area (Å²) in [5, 5.41) is 16.1. The van der Waals surface area contributed by atoms with Crippen LogP contribution in [-0.2, 0) is 11.3 Å². The van der Waals surface area contributed by atoms with Crippen LogP contribution in [-0.4, -0.2) is 33.3 Å². The molecule has 1 N–H and O–H groups in total. The summed E-state index contributed by atoms with van der Waals surface area (Å²) in [6, 6.07) is 6.76. The van der Waals surface area contributed by atoms with Crippen LogP contribution in [0.15, 0.2) is 42.0 Å². The van der Waals surface area contributed by atoms with Gasteiger partial charge in [0, 0.05) is 42.8 Å². The number of aromatic nitrogens is 2. The third kappa shape index (κ3) is 3.63. The number of piperidine rings is 1. The number of amides is 1. The van der Waals surface area contributed by atoms with Crippen molar-refractivity contribution in [3.05, 3.63) is 57.8 Å². The number of fused-ring (bicyclic) bond motifs is 1. The summed E-state index contributed by atoms with van der Waals surface area (Å²) in [5.41, 5.74) is 1.58. The van der Waals surface area contributed by atoms with Gasteiger partial charge in [0.15, 0.2) is 4.96 Å². The second kappa shape index (κ2) is 7.36. The zero-order valence-electron chi connectivity index (χ0n) is 14.6. The van der Waals surface area contributed by atoms with E-state index in [0.717, 1.165) is 10.7 Å². The van der Waals surface area contributed by atoms with Crippen molar-refractivity contribution in [2.24, 2.45) is 5.92 Å². The van der Waals surface area contributed by atoms with Gasteiger partial charge in [0.25, 0.3) is 5.69 Å². The standard InChI is InChI=1S/C18H19N5O3S/c24-17(19-11-14-12-22-9-10-27-18(22)20-14)13-5-7-21(8-6-13)15-3-1-2-4-16(15)23(25)26/h1-4,9-10,12-13H,5-8,11H2,(H,19,24). The van der Waals surface area contributed by atoms with Crippen molar-refractivity contribution in [2.75, 3.05) is 18.0 Å². The van der Waals surface area contributed by atoms with E-state index in [1.54, 1.807) is 29.5 Å². The quantitative estimate of drug-likeness (QED) is 0.538. The molecule has 140 valence electrons. The molecule has 1 aliphatic rings. The molecule has 1 fully saturated rings. The van der Waals surface area contributed by atoms with Crippen molar-refractivity contribution < 1.29 is 9.72 Å². The van der Waals surface area contributed by atoms with Crippen LogP contribution < -0.4 is 10.2 Å². The van der Waals surface area contributed by atoms with Gasteiger partial charge >= 0.3 is 0 Å². The first kappa shape index (κ1) is 17.5. The highest BCUT2D eigenvalue weighted by molar-refractivity contribution is 7.15. The largest absolute Gasteiger partial charge is 0.366 e. The maximum Gasteiger partial charge on any atom is 0.292 e. The molecular weight excluding hydrogens is 366 g/mol. The van der Waals surface area contributed by atoms with Crippen LogP contribution >= 0.6 is 11.3 Å². The van der Waals surface area contributed by atoms with Crippen LogP contribution in [0.3, 0.4) is 0 Å². The second-order valence-corrected chi connectivity index (χ2v) is 7.42. The van der Waals surface area contributed by atoms with Gasteiger partial charge in [0.1, 0.15) is 5.69 Å². The molecule has 0 saturated carbocycles. The maximum absolute atomic E-state index is 12.5. The highest BCUT2D eigenvalue weighted by Gasteiger charge is 2.28. The van der Waals surface area contributed by atoms with Crippen molar-refractivity contribution in [3.8, 4) is 0 Å². The first-order chi connectivity index (χ1) is 13.1. The Bertz CT molecular complexity index is 946. The van der Waals surface area contributed by atoms with E-state index in [1.807, 2.05) is 27.1 Å². The minimum atomic E-state index is -0.357. The number of nitro groups is 1. The lowest BCUT2D eigenvalue weighted by molar-refractivity contribution is -0.384. The van der Waals surface area contributed by atoms with Gasteiger partial charge in [-0.3, -0.25) is 19.3 Å². The van der Waals surface area contributed by atoms with E-state index in [0.29, 0.717) is 38.2 Å². The second-order valence-electron chi connectivity index (χ2n) is 6.55. The van der Waals surface area contributed by atoms with Crippen LogP contribution in [0.25, 0.3) is 4.96 Å². The molecule has 1 saturated heterocycles. The van der Waals surface area contributed by atoms with Crippen LogP contribution in [0.1, 0.15) is 18.5 Å². The molecule has 2 aromatic heterocycles. The fraction of sp³-hybridized carbons (Fsp3) is 0.333. The minimum Gasteiger partial charge on any atom is -0.366 e. The third-order valence-corrected chi connectivity index (χ3v) is 5.64. The Labute approximate surface area is 159 Å². The van der Waals surface area contributed by atoms with Gasteiger partial charge in [-0.05, 0) is 18.9 Å². The summed E-state index contributed by atoms with van der Waals surface area (Å²) < 4.78 is 1.94. The summed E-state index contributed by atoms with van der Waals surface area (Å²) in [6.07, 6.45) is 5.21. The minimum absolute atomic E-state index is 0.0218. The fourth-order valence-corrected chi connectivity index (χ4v) is 4.17. The number of anilines is 1. The number of thiazole rings is 1. The molecule has 0 spiro atoms. The first-order valence-corrected chi connectivity index (χ1v) is 9.67. The number of para-hydroxylation sites is 2. The molecule has 1 aliphatic heterocycles. The van der Waals surface area contributed by atoms with Gasteiger partial charge < -0.3 is 10.2 Å². The fourth-order valence-electron chi connectivity index (χ4n) is 3.45. The molecule has 0 bridgehead atoms. The van der Waals surface area contributed by atoms with Crippen LogP contribution in [0.4, 0.5) is 11.4 Å². The number of imidazole rings is 1. The lowest BCUT2D eigenvalue weighted by Crippen LogP contribution is -2.40. The van der Waals surface area contributed by atoms with E-state index in [1.165, 1.54) is 6.07 Å². The van der Waals surface area contributed by atoms with Crippen molar-refractivity contribution in [2.45, 2.75) is 19.4 Å². The Balaban J connectivity index is 1.33. The summed E-state index contributed by atoms with van der Waals surface area (Å²) in [4.78, 5) is 30.7. The normalized spacial score (nSPS) is 15.2. The smallest absolute Gasteiger partial charge is 0.292 e. The Morgan fingerprint density at radius 3 is 2.85 bits per heavy atom. The van der Waals surface area contributed by atoms with Gasteiger partial charge in [-0.2, -0.15) is 0 Å². The first-order valence-electron chi connectivity index (χ1n) is 8.79. The number of nitro benzene ring substituents is 1. The molecule has 3 aromatic rings. The lowest BCUT2D eigenvalue weighted by Gasteiger charge is -2.32. The van der Waals surface area contributed by atoms with Gasteiger partial charge in [0.2, 0.25) is 5.91 Å². The van der Waals surface area contributed by atoms with Crippen molar-refractivity contribution in [1.82, 2.24) is 14.7 Å². The van der Waals surface area contributed by atoms with Crippen LogP contribution in [0, 0.1) is 16.0 Å². The Kier molecular flexibility index (Phi) is 4.76. The lowest BCUT2D eigenvalue weighted by atomic mass is 9.95. The van der Waals surface area contributed by atoms with E-state index in [4.69, 9.17) is 0 Å². The number of rotatable bonds is 5. The summed E-state index contributed by atoms with van der Waals surface area (Å²) in [5.74, 6) is -0.0543. The van der Waals surface area contributed by atoms with Gasteiger partial charge in [-0.1, -0.05) is 12.1 Å². The maximum atomic E-state index is 12.5. The predicted molar refractivity (Wildman–Crippen MR) is 103 cm³/mol. The molecule has 3 heterocycles. The van der Waals surface area contributed by atoms with Crippen molar-refractivity contribution in [1.29, 1.82) is 0 Å². The molecule has 1 amide bonds. The highest BCUT2D eigenvalue weighted by atomic mass is 32.1. The average molecular weight is 385 g/mol. The zero-order chi connectivity index (χ0) is 18.8. The van der Waals surface area contributed by atoms with Crippen molar-refractivity contribution in [3.63, 3.8) is 0 Å². The molecule has 27 heavy (non-hydrogen) atoms. The molecule has 1 aromatic carbocycles. The number of carbonyl (C=O) groups is 1. The molecule has 0 unspecified atom stereocenters. The summed E-state index contributed by atoms with van der Waals surface area (Å²) in [7, 11) is 0. The summed E-state index contributed by atoms with van der Waals surface area (Å²) in [6.45, 7) is 1.67. The molecule has 9 heteroatoms. The Hall–Kier alpha value is -2.94. The molecule has 4 rings (SSSR count). The molecule has 0 atom stereocenters. The number of benzene rings is 1. The van der Waals surface area contributed by atoms with E-state index in [2.05, 4.69) is 10.3 Å². The highest BCUT2D eigenvalue weighted by Crippen LogP contribution is 2.31. The van der Waals surface area contributed by atoms with Crippen molar-refractivity contribution >= 4 is 33.6 Å². The topological polar surface area (TPSA) is 92.8 Å². The third-order valence-electron chi connectivity index (χ3n) is 4.87. The van der Waals surface area contributed by atoms with E-state index < -0.39 is 0 Å². The zero-order valence-corrected chi connectivity index (χ0v) is 15.4. The molecular formula is C18H19N5O3S. The predicted octanol–water partition coefficient (Wildman–Crippen LogP) is 2.84. The number of nitrogens with one attached hydrogen (secondary N) is 1. The number of hydrogen-bond donors (Lipinski definition) is 1. The average Bonchev–Trinajstić information content (AvgIpc) is 3.28. The SMILES string of the molecule is O=C(NCc1cn2ccsc2n1)C1CCN(c2ccccc2[N+](=O)[O-])CC1. The number of carbonyl (C=O) groups excluding carboxylic acids is 1. The molecule has 8 nitrogen and oxygen atoms in total. The molecule has 0 aliphatic carbocycles. The van der Waals surface area contributed by atoms with E-state index in [-0.39, 0.29) is 22.4 Å². The van der Waals surface area contributed by atoms with E-state index in [9.17, 15) is 14.9 Å². The number of hydrogen-bond acceptors (Lipinski definition) is 6. The van der Waals surface area contributed by atoms with E-state index >= 15 is 0 Å². The van der Waals surface area contributed by atoms with Gasteiger partial charge in [0.05, 0.1) is 17.2 Å². The Morgan fingerprint density at radius 2 is 2.11 bits per heavy atom. The Morgan fingerprint density at radius 1 is 1.33 bits per heavy atom. The number of nitrogens with zero attached hydrogens (tertiary/aromatic N) is 4.